The zero-order chi connectivity index (χ0) is 22.2. The fourth-order valence-electron chi connectivity index (χ4n) is 4.51. The lowest BCUT2D eigenvalue weighted by molar-refractivity contribution is -0.135. The summed E-state index contributed by atoms with van der Waals surface area (Å²) >= 11 is 0. The van der Waals surface area contributed by atoms with Gasteiger partial charge in [0.25, 0.3) is 5.91 Å². The molecule has 2 amide bonds. The number of fused-ring (bicyclic) bond motifs is 1. The summed E-state index contributed by atoms with van der Waals surface area (Å²) in [7, 11) is -3.72. The number of anilines is 1. The minimum absolute atomic E-state index is 0.106. The van der Waals surface area contributed by atoms with Gasteiger partial charge in [-0.05, 0) is 36.5 Å². The van der Waals surface area contributed by atoms with E-state index in [2.05, 4.69) is 13.8 Å². The lowest BCUT2D eigenvalue weighted by Crippen LogP contribution is -2.49. The molecule has 0 saturated carbocycles. The number of carbonyl (C=O) groups is 2. The molecule has 3 aliphatic heterocycles. The summed E-state index contributed by atoms with van der Waals surface area (Å²) in [6.07, 6.45) is 0.996. The SMILES string of the molecule is C[C@H]1C[C@H](C)CN(S(=O)(=O)c2ccc3c(c2)N(CC(=O)N2CCOCC2)C(=O)CO3)C1. The van der Waals surface area contributed by atoms with E-state index in [-0.39, 0.29) is 41.7 Å². The van der Waals surface area contributed by atoms with Crippen LogP contribution in [0.1, 0.15) is 20.3 Å². The van der Waals surface area contributed by atoms with E-state index in [9.17, 15) is 18.0 Å². The van der Waals surface area contributed by atoms with Gasteiger partial charge in [0.15, 0.2) is 6.61 Å². The van der Waals surface area contributed by atoms with Crippen LogP contribution >= 0.6 is 0 Å². The van der Waals surface area contributed by atoms with Crippen molar-refractivity contribution in [3.8, 4) is 5.75 Å². The van der Waals surface area contributed by atoms with E-state index in [1.165, 1.54) is 21.3 Å². The van der Waals surface area contributed by atoms with E-state index >= 15 is 0 Å². The summed E-state index contributed by atoms with van der Waals surface area (Å²) in [6.45, 7) is 6.59. The Morgan fingerprint density at radius 2 is 1.81 bits per heavy atom. The number of rotatable bonds is 4. The van der Waals surface area contributed by atoms with Crippen LogP contribution in [0.5, 0.6) is 5.75 Å². The summed E-state index contributed by atoms with van der Waals surface area (Å²) < 4.78 is 38.9. The zero-order valence-corrected chi connectivity index (χ0v) is 18.8. The average molecular weight is 452 g/mol. The van der Waals surface area contributed by atoms with Crippen LogP contribution in [0.15, 0.2) is 23.1 Å². The monoisotopic (exact) mass is 451 g/mol. The second-order valence-corrected chi connectivity index (χ2v) is 10.6. The van der Waals surface area contributed by atoms with E-state index < -0.39 is 10.0 Å². The number of hydrogen-bond donors (Lipinski definition) is 0. The molecule has 10 heteroatoms. The molecule has 9 nitrogen and oxygen atoms in total. The van der Waals surface area contributed by atoms with Crippen LogP contribution in [0.3, 0.4) is 0 Å². The molecule has 0 aromatic heterocycles. The van der Waals surface area contributed by atoms with Crippen molar-refractivity contribution in [1.82, 2.24) is 9.21 Å². The normalized spacial score (nSPS) is 25.2. The van der Waals surface area contributed by atoms with Gasteiger partial charge in [-0.3, -0.25) is 14.5 Å². The quantitative estimate of drug-likeness (QED) is 0.676. The lowest BCUT2D eigenvalue weighted by Gasteiger charge is -2.35. The molecular weight excluding hydrogens is 422 g/mol. The predicted molar refractivity (Wildman–Crippen MR) is 113 cm³/mol. The van der Waals surface area contributed by atoms with Gasteiger partial charge in [0.2, 0.25) is 15.9 Å². The van der Waals surface area contributed by atoms with Gasteiger partial charge < -0.3 is 14.4 Å². The average Bonchev–Trinajstić information content (AvgIpc) is 2.75. The number of carbonyl (C=O) groups excluding carboxylic acids is 2. The lowest BCUT2D eigenvalue weighted by atomic mass is 9.94. The Balaban J connectivity index is 1.61. The fraction of sp³-hybridized carbons (Fsp3) is 0.619. The van der Waals surface area contributed by atoms with Gasteiger partial charge in [0.05, 0.1) is 23.8 Å². The summed E-state index contributed by atoms with van der Waals surface area (Å²) in [4.78, 5) is 28.4. The number of ether oxygens (including phenoxy) is 2. The Labute approximate surface area is 182 Å². The molecule has 0 bridgehead atoms. The molecule has 1 aromatic carbocycles. The highest BCUT2D eigenvalue weighted by Crippen LogP contribution is 2.36. The van der Waals surface area contributed by atoms with Gasteiger partial charge in [-0.1, -0.05) is 13.8 Å². The molecule has 0 spiro atoms. The van der Waals surface area contributed by atoms with Crippen LogP contribution < -0.4 is 9.64 Å². The number of hydrogen-bond acceptors (Lipinski definition) is 6. The third-order valence-corrected chi connectivity index (χ3v) is 7.83. The number of amides is 2. The number of benzene rings is 1. The Bertz CT molecular complexity index is 950. The number of piperidine rings is 1. The minimum atomic E-state index is -3.72. The highest BCUT2D eigenvalue weighted by molar-refractivity contribution is 7.89. The van der Waals surface area contributed by atoms with Crippen molar-refractivity contribution in [2.24, 2.45) is 11.8 Å². The van der Waals surface area contributed by atoms with Crippen molar-refractivity contribution in [2.45, 2.75) is 25.2 Å². The maximum atomic E-state index is 13.3. The molecule has 0 N–H and O–H groups in total. The zero-order valence-electron chi connectivity index (χ0n) is 18.0. The maximum absolute atomic E-state index is 13.3. The number of morpholine rings is 1. The molecule has 4 rings (SSSR count). The van der Waals surface area contributed by atoms with Crippen molar-refractivity contribution in [3.63, 3.8) is 0 Å². The second kappa shape index (κ2) is 8.76. The first-order chi connectivity index (χ1) is 14.8. The van der Waals surface area contributed by atoms with Gasteiger partial charge >= 0.3 is 0 Å². The van der Waals surface area contributed by atoms with E-state index in [0.717, 1.165) is 6.42 Å². The summed E-state index contributed by atoms with van der Waals surface area (Å²) in [5.41, 5.74) is 0.317. The van der Waals surface area contributed by atoms with Crippen LogP contribution in [-0.2, 0) is 24.3 Å². The first-order valence-corrected chi connectivity index (χ1v) is 12.1. The van der Waals surface area contributed by atoms with Gasteiger partial charge in [-0.25, -0.2) is 8.42 Å². The van der Waals surface area contributed by atoms with E-state index in [0.29, 0.717) is 50.8 Å². The van der Waals surface area contributed by atoms with Gasteiger partial charge in [0.1, 0.15) is 12.3 Å². The molecule has 0 aliphatic carbocycles. The van der Waals surface area contributed by atoms with Crippen molar-refractivity contribution >= 4 is 27.5 Å². The standard InChI is InChI=1S/C21H29N3O6S/c1-15-9-16(2)12-23(11-15)31(27,28)17-3-4-19-18(10-17)24(21(26)14-30-19)13-20(25)22-5-7-29-8-6-22/h3-4,10,15-16H,5-9,11-14H2,1-2H3/t15-,16-/m0/s1. The second-order valence-electron chi connectivity index (χ2n) is 8.66. The molecule has 170 valence electrons. The Morgan fingerprint density at radius 3 is 2.48 bits per heavy atom. The Morgan fingerprint density at radius 1 is 1.13 bits per heavy atom. The molecule has 2 saturated heterocycles. The van der Waals surface area contributed by atoms with E-state index in [4.69, 9.17) is 9.47 Å². The highest BCUT2D eigenvalue weighted by Gasteiger charge is 2.34. The van der Waals surface area contributed by atoms with Crippen LogP contribution in [-0.4, -0.2) is 82.0 Å². The number of sulfonamides is 1. The minimum Gasteiger partial charge on any atom is -0.482 e. The van der Waals surface area contributed by atoms with Gasteiger partial charge in [-0.15, -0.1) is 0 Å². The van der Waals surface area contributed by atoms with Crippen LogP contribution in [0.25, 0.3) is 0 Å². The van der Waals surface area contributed by atoms with Crippen LogP contribution in [0.2, 0.25) is 0 Å². The molecule has 31 heavy (non-hydrogen) atoms. The topological polar surface area (TPSA) is 96.5 Å². The molecular formula is C21H29N3O6S. The fourth-order valence-corrected chi connectivity index (χ4v) is 6.21. The largest absolute Gasteiger partial charge is 0.482 e. The van der Waals surface area contributed by atoms with Crippen molar-refractivity contribution in [2.75, 3.05) is 57.4 Å². The Kier molecular flexibility index (Phi) is 6.23. The first-order valence-electron chi connectivity index (χ1n) is 10.7. The van der Waals surface area contributed by atoms with Gasteiger partial charge in [0, 0.05) is 26.2 Å². The molecule has 3 heterocycles. The van der Waals surface area contributed by atoms with E-state index in [1.807, 2.05) is 0 Å². The summed E-state index contributed by atoms with van der Waals surface area (Å²) in [6, 6.07) is 4.53. The smallest absolute Gasteiger partial charge is 0.265 e. The molecule has 1 aromatic rings. The summed E-state index contributed by atoms with van der Waals surface area (Å²) in [5.74, 6) is 0.390. The molecule has 0 radical (unpaired) electrons. The number of nitrogens with zero attached hydrogens (tertiary/aromatic N) is 3. The molecule has 0 unspecified atom stereocenters. The van der Waals surface area contributed by atoms with Crippen molar-refractivity contribution in [3.05, 3.63) is 18.2 Å². The summed E-state index contributed by atoms with van der Waals surface area (Å²) in [5, 5.41) is 0. The third kappa shape index (κ3) is 4.56. The first kappa shape index (κ1) is 22.0. The van der Waals surface area contributed by atoms with Crippen LogP contribution in [0.4, 0.5) is 5.69 Å². The highest BCUT2D eigenvalue weighted by atomic mass is 32.2. The van der Waals surface area contributed by atoms with E-state index in [1.54, 1.807) is 11.0 Å². The maximum Gasteiger partial charge on any atom is 0.265 e. The van der Waals surface area contributed by atoms with Crippen molar-refractivity contribution < 1.29 is 27.5 Å². The molecule has 2 atom stereocenters. The van der Waals surface area contributed by atoms with Gasteiger partial charge in [-0.2, -0.15) is 4.31 Å². The third-order valence-electron chi connectivity index (χ3n) is 6.00. The van der Waals surface area contributed by atoms with Crippen molar-refractivity contribution in [1.29, 1.82) is 0 Å². The predicted octanol–water partition coefficient (Wildman–Crippen LogP) is 0.937. The van der Waals surface area contributed by atoms with Crippen LogP contribution in [0, 0.1) is 11.8 Å². The molecule has 3 aliphatic rings. The Hall–Kier alpha value is -2.17. The molecule has 2 fully saturated rings.